The number of nitrogens with zero attached hydrogens (tertiary/aromatic N) is 1. The Morgan fingerprint density at radius 3 is 2.89 bits per heavy atom. The highest BCUT2D eigenvalue weighted by molar-refractivity contribution is 5.77. The van der Waals surface area contributed by atoms with E-state index in [1.165, 1.54) is 0 Å². The van der Waals surface area contributed by atoms with Crippen LogP contribution in [0.1, 0.15) is 13.3 Å². The first-order valence-electron chi connectivity index (χ1n) is 5.95. The number of hydrogen-bond donors (Lipinski definition) is 2. The summed E-state index contributed by atoms with van der Waals surface area (Å²) in [6.07, 6.45) is 0.310. The first kappa shape index (κ1) is 12.7. The van der Waals surface area contributed by atoms with E-state index in [1.807, 2.05) is 0 Å². The molecule has 0 saturated carbocycles. The topological polar surface area (TPSA) is 75.8 Å². The number of carbonyl (C=O) groups excluding carboxylic acids is 1. The van der Waals surface area contributed by atoms with Crippen molar-refractivity contribution >= 4 is 11.6 Å². The molecule has 1 saturated heterocycles. The van der Waals surface area contributed by atoms with E-state index in [1.54, 1.807) is 36.1 Å². The molecule has 1 amide bonds. The van der Waals surface area contributed by atoms with E-state index in [9.17, 15) is 9.90 Å². The molecule has 1 aliphatic heterocycles. The van der Waals surface area contributed by atoms with Gasteiger partial charge in [0.05, 0.1) is 31.7 Å². The highest BCUT2D eigenvalue weighted by Gasteiger charge is 2.38. The zero-order valence-corrected chi connectivity index (χ0v) is 10.4. The monoisotopic (exact) mass is 250 g/mol. The summed E-state index contributed by atoms with van der Waals surface area (Å²) in [4.78, 5) is 13.3. The Morgan fingerprint density at radius 1 is 1.56 bits per heavy atom. The summed E-state index contributed by atoms with van der Waals surface area (Å²) in [7, 11) is 0. The van der Waals surface area contributed by atoms with Crippen LogP contribution in [0.4, 0.5) is 5.69 Å². The third-order valence-electron chi connectivity index (χ3n) is 2.86. The number of aliphatic hydroxyl groups is 1. The molecule has 1 heterocycles. The van der Waals surface area contributed by atoms with E-state index in [4.69, 9.17) is 10.5 Å². The standard InChI is InChI=1S/C13H18N2O3/c1-13(17)8-15(9-13)12(16)5-6-18-11-4-2-3-10(14)7-11/h2-4,7,17H,5-6,8-9,14H2,1H3. The summed E-state index contributed by atoms with van der Waals surface area (Å²) < 4.78 is 5.44. The molecule has 0 spiro atoms. The van der Waals surface area contributed by atoms with Crippen LogP contribution >= 0.6 is 0 Å². The number of carbonyl (C=O) groups is 1. The van der Waals surface area contributed by atoms with Gasteiger partial charge in [-0.1, -0.05) is 6.07 Å². The molecule has 2 rings (SSSR count). The molecule has 0 radical (unpaired) electrons. The van der Waals surface area contributed by atoms with Crippen LogP contribution in [-0.4, -0.2) is 41.2 Å². The van der Waals surface area contributed by atoms with E-state index in [0.29, 0.717) is 37.6 Å². The average molecular weight is 250 g/mol. The van der Waals surface area contributed by atoms with E-state index >= 15 is 0 Å². The third kappa shape index (κ3) is 3.13. The van der Waals surface area contributed by atoms with Crippen LogP contribution in [0.5, 0.6) is 5.75 Å². The Balaban J connectivity index is 1.71. The molecule has 3 N–H and O–H groups in total. The second kappa shape index (κ2) is 4.86. The third-order valence-corrected chi connectivity index (χ3v) is 2.86. The van der Waals surface area contributed by atoms with Crippen molar-refractivity contribution in [1.29, 1.82) is 0 Å². The van der Waals surface area contributed by atoms with Crippen molar-refractivity contribution in [3.8, 4) is 5.75 Å². The van der Waals surface area contributed by atoms with Gasteiger partial charge in [-0.05, 0) is 19.1 Å². The maximum atomic E-state index is 11.7. The number of anilines is 1. The summed E-state index contributed by atoms with van der Waals surface area (Å²) in [5.41, 5.74) is 5.53. The van der Waals surface area contributed by atoms with Gasteiger partial charge in [0.1, 0.15) is 5.75 Å². The van der Waals surface area contributed by atoms with Crippen LogP contribution in [0.2, 0.25) is 0 Å². The Bertz CT molecular complexity index is 438. The van der Waals surface area contributed by atoms with Gasteiger partial charge in [-0.25, -0.2) is 0 Å². The fourth-order valence-corrected chi connectivity index (χ4v) is 1.97. The predicted octanol–water partition coefficient (Wildman–Crippen LogP) is 0.631. The molecule has 1 aliphatic rings. The molecule has 18 heavy (non-hydrogen) atoms. The van der Waals surface area contributed by atoms with Gasteiger partial charge in [0, 0.05) is 11.8 Å². The molecular weight excluding hydrogens is 232 g/mol. The van der Waals surface area contributed by atoms with Gasteiger partial charge in [-0.15, -0.1) is 0 Å². The number of nitrogen functional groups attached to an aromatic ring is 1. The average Bonchev–Trinajstić information content (AvgIpc) is 2.25. The molecule has 0 atom stereocenters. The second-order valence-corrected chi connectivity index (χ2v) is 4.92. The van der Waals surface area contributed by atoms with Crippen LogP contribution in [0.25, 0.3) is 0 Å². The first-order valence-corrected chi connectivity index (χ1v) is 5.95. The number of nitrogens with two attached hydrogens (primary N) is 1. The van der Waals surface area contributed by atoms with Crippen LogP contribution in [-0.2, 0) is 4.79 Å². The number of ether oxygens (including phenoxy) is 1. The molecule has 5 nitrogen and oxygen atoms in total. The predicted molar refractivity (Wildman–Crippen MR) is 68.2 cm³/mol. The van der Waals surface area contributed by atoms with Crippen molar-refractivity contribution in [1.82, 2.24) is 4.90 Å². The summed E-state index contributed by atoms with van der Waals surface area (Å²) in [6.45, 7) is 2.86. The lowest BCUT2D eigenvalue weighted by atomic mass is 9.97. The van der Waals surface area contributed by atoms with Gasteiger partial charge in [0.2, 0.25) is 5.91 Å². The van der Waals surface area contributed by atoms with Crippen molar-refractivity contribution in [2.45, 2.75) is 18.9 Å². The minimum atomic E-state index is -0.718. The Morgan fingerprint density at radius 2 is 2.28 bits per heavy atom. The maximum Gasteiger partial charge on any atom is 0.226 e. The lowest BCUT2D eigenvalue weighted by Crippen LogP contribution is -2.61. The van der Waals surface area contributed by atoms with Crippen molar-refractivity contribution in [2.24, 2.45) is 0 Å². The Hall–Kier alpha value is -1.75. The summed E-state index contributed by atoms with van der Waals surface area (Å²) in [5.74, 6) is 0.670. The number of amides is 1. The van der Waals surface area contributed by atoms with Gasteiger partial charge >= 0.3 is 0 Å². The van der Waals surface area contributed by atoms with E-state index in [-0.39, 0.29) is 5.91 Å². The molecule has 5 heteroatoms. The summed E-state index contributed by atoms with van der Waals surface area (Å²) >= 11 is 0. The first-order chi connectivity index (χ1) is 8.46. The van der Waals surface area contributed by atoms with Crippen molar-refractivity contribution in [3.63, 3.8) is 0 Å². The molecule has 0 unspecified atom stereocenters. The number of likely N-dealkylation sites (tertiary alicyclic amines) is 1. The SMILES string of the molecule is CC1(O)CN(C(=O)CCOc2cccc(N)c2)C1. The Labute approximate surface area is 106 Å². The van der Waals surface area contributed by atoms with Crippen LogP contribution in [0.15, 0.2) is 24.3 Å². The highest BCUT2D eigenvalue weighted by atomic mass is 16.5. The fourth-order valence-electron chi connectivity index (χ4n) is 1.97. The summed E-state index contributed by atoms with van der Waals surface area (Å²) in [6, 6.07) is 7.10. The second-order valence-electron chi connectivity index (χ2n) is 4.92. The molecule has 0 aromatic heterocycles. The van der Waals surface area contributed by atoms with E-state index in [2.05, 4.69) is 0 Å². The van der Waals surface area contributed by atoms with E-state index in [0.717, 1.165) is 0 Å². The minimum Gasteiger partial charge on any atom is -0.493 e. The van der Waals surface area contributed by atoms with Crippen LogP contribution in [0, 0.1) is 0 Å². The molecule has 1 fully saturated rings. The van der Waals surface area contributed by atoms with Gasteiger partial charge in [0.25, 0.3) is 0 Å². The van der Waals surface area contributed by atoms with E-state index < -0.39 is 5.60 Å². The normalized spacial score (nSPS) is 17.1. The molecule has 1 aromatic carbocycles. The maximum absolute atomic E-state index is 11.7. The van der Waals surface area contributed by atoms with Gasteiger partial charge in [0.15, 0.2) is 0 Å². The van der Waals surface area contributed by atoms with Crippen molar-refractivity contribution in [2.75, 3.05) is 25.4 Å². The minimum absolute atomic E-state index is 0.00503. The van der Waals surface area contributed by atoms with Crippen molar-refractivity contribution in [3.05, 3.63) is 24.3 Å². The van der Waals surface area contributed by atoms with Crippen molar-refractivity contribution < 1.29 is 14.6 Å². The zero-order chi connectivity index (χ0) is 13.2. The lowest BCUT2D eigenvalue weighted by molar-refractivity contribution is -0.152. The number of benzene rings is 1. The molecule has 98 valence electrons. The molecule has 0 bridgehead atoms. The summed E-state index contributed by atoms with van der Waals surface area (Å²) in [5, 5.41) is 9.53. The quantitative estimate of drug-likeness (QED) is 0.769. The molecule has 0 aliphatic carbocycles. The Kier molecular flexibility index (Phi) is 3.43. The van der Waals surface area contributed by atoms with Crippen LogP contribution in [0.3, 0.4) is 0 Å². The van der Waals surface area contributed by atoms with Gasteiger partial charge in [-0.3, -0.25) is 4.79 Å². The number of hydrogen-bond acceptors (Lipinski definition) is 4. The smallest absolute Gasteiger partial charge is 0.226 e. The molecule has 1 aromatic rings. The number of β-amino-alcohol motifs (C(OH)–C–C–N with tert-alkyl or cyclic N) is 1. The zero-order valence-electron chi connectivity index (χ0n) is 10.4. The highest BCUT2D eigenvalue weighted by Crippen LogP contribution is 2.20. The fraction of sp³-hybridized carbons (Fsp3) is 0.462. The van der Waals surface area contributed by atoms with Crippen LogP contribution < -0.4 is 10.5 Å². The number of rotatable bonds is 4. The van der Waals surface area contributed by atoms with Gasteiger partial charge in [-0.2, -0.15) is 0 Å². The lowest BCUT2D eigenvalue weighted by Gasteiger charge is -2.44. The van der Waals surface area contributed by atoms with Gasteiger partial charge < -0.3 is 20.5 Å². The largest absolute Gasteiger partial charge is 0.493 e. The molecular formula is C13H18N2O3.